The summed E-state index contributed by atoms with van der Waals surface area (Å²) in [7, 11) is 0. The zero-order valence-corrected chi connectivity index (χ0v) is 12.7. The average Bonchev–Trinajstić information content (AvgIpc) is 2.74. The highest BCUT2D eigenvalue weighted by Gasteiger charge is 2.38. The molecule has 1 saturated heterocycles. The number of nitrogens with one attached hydrogen (secondary N) is 1. The lowest BCUT2D eigenvalue weighted by Crippen LogP contribution is -2.49. The minimum atomic E-state index is -0.457. The molecule has 1 atom stereocenters. The van der Waals surface area contributed by atoms with Gasteiger partial charge < -0.3 is 4.90 Å². The summed E-state index contributed by atoms with van der Waals surface area (Å²) >= 11 is 0. The van der Waals surface area contributed by atoms with Crippen LogP contribution in [-0.2, 0) is 14.4 Å². The second-order valence-corrected chi connectivity index (χ2v) is 6.58. The summed E-state index contributed by atoms with van der Waals surface area (Å²) in [5.41, 5.74) is 2.00. The van der Waals surface area contributed by atoms with Crippen molar-refractivity contribution in [2.75, 3.05) is 13.2 Å². The number of hydrogen-bond donors (Lipinski definition) is 1. The topological polar surface area (TPSA) is 58.6 Å². The highest BCUT2D eigenvalue weighted by atomic mass is 16.7. The zero-order valence-electron chi connectivity index (χ0n) is 12.7. The van der Waals surface area contributed by atoms with Crippen molar-refractivity contribution >= 4 is 11.8 Å². The van der Waals surface area contributed by atoms with Gasteiger partial charge in [0.2, 0.25) is 5.91 Å². The summed E-state index contributed by atoms with van der Waals surface area (Å²) in [6, 6.07) is -0.390. The molecule has 0 saturated carbocycles. The van der Waals surface area contributed by atoms with E-state index < -0.39 is 5.41 Å². The highest BCUT2D eigenvalue weighted by Crippen LogP contribution is 2.25. The van der Waals surface area contributed by atoms with Crippen molar-refractivity contribution < 1.29 is 14.4 Å². The van der Waals surface area contributed by atoms with E-state index in [-0.39, 0.29) is 17.9 Å². The zero-order chi connectivity index (χ0) is 14.6. The molecule has 0 aliphatic carbocycles. The summed E-state index contributed by atoms with van der Waals surface area (Å²) in [4.78, 5) is 31.1. The number of hydrogen-bond acceptors (Lipinski definition) is 3. The molecule has 1 unspecified atom stereocenters. The lowest BCUT2D eigenvalue weighted by molar-refractivity contribution is -0.149. The van der Waals surface area contributed by atoms with Crippen molar-refractivity contribution in [1.29, 1.82) is 0 Å². The fourth-order valence-electron chi connectivity index (χ4n) is 2.06. The van der Waals surface area contributed by atoms with E-state index in [1.807, 2.05) is 34.6 Å². The maximum Gasteiger partial charge on any atom is 0.266 e. The molecular formula is C14H26N2O3. The fraction of sp³-hybridized carbons (Fsp3) is 0.857. The Hall–Kier alpha value is -1.10. The largest absolute Gasteiger partial charge is 0.330 e. The molecule has 1 N–H and O–H groups in total. The first kappa shape index (κ1) is 16.0. The fourth-order valence-corrected chi connectivity index (χ4v) is 2.06. The number of carbonyl (C=O) groups excluding carboxylic acids is 2. The maximum absolute atomic E-state index is 12.3. The summed E-state index contributed by atoms with van der Waals surface area (Å²) in [5.74, 6) is 0.168. The molecule has 0 aromatic rings. The van der Waals surface area contributed by atoms with Gasteiger partial charge in [0.1, 0.15) is 6.04 Å². The predicted molar refractivity (Wildman–Crippen MR) is 73.1 cm³/mol. The van der Waals surface area contributed by atoms with Gasteiger partial charge >= 0.3 is 0 Å². The molecule has 0 bridgehead atoms. The third-order valence-corrected chi connectivity index (χ3v) is 3.05. The van der Waals surface area contributed by atoms with Crippen LogP contribution in [-0.4, -0.2) is 35.9 Å². The van der Waals surface area contributed by atoms with Gasteiger partial charge in [-0.2, -0.15) is 0 Å². The quantitative estimate of drug-likeness (QED) is 0.791. The number of amides is 2. The summed E-state index contributed by atoms with van der Waals surface area (Å²) < 4.78 is 0. The van der Waals surface area contributed by atoms with Gasteiger partial charge in [-0.1, -0.05) is 34.6 Å². The Morgan fingerprint density at radius 1 is 1.37 bits per heavy atom. The Labute approximate surface area is 115 Å². The SMILES string of the molecule is CC(C)CONC(=O)C1CCCN1C(=O)C(C)(C)C. The predicted octanol–water partition coefficient (Wildman–Crippen LogP) is 1.73. The van der Waals surface area contributed by atoms with Gasteiger partial charge in [-0.25, -0.2) is 5.48 Å². The molecule has 5 heteroatoms. The molecule has 110 valence electrons. The molecule has 5 nitrogen and oxygen atoms in total. The van der Waals surface area contributed by atoms with Crippen molar-refractivity contribution in [3.05, 3.63) is 0 Å². The second-order valence-electron chi connectivity index (χ2n) is 6.58. The van der Waals surface area contributed by atoms with Crippen molar-refractivity contribution in [2.45, 2.75) is 53.5 Å². The minimum Gasteiger partial charge on any atom is -0.330 e. The van der Waals surface area contributed by atoms with Crippen LogP contribution in [0.4, 0.5) is 0 Å². The first-order valence-electron chi connectivity index (χ1n) is 6.96. The van der Waals surface area contributed by atoms with E-state index in [9.17, 15) is 9.59 Å². The molecule has 1 fully saturated rings. The molecule has 1 aliphatic heterocycles. The Morgan fingerprint density at radius 2 is 2.00 bits per heavy atom. The van der Waals surface area contributed by atoms with Gasteiger partial charge in [0, 0.05) is 12.0 Å². The molecule has 19 heavy (non-hydrogen) atoms. The Morgan fingerprint density at radius 3 is 2.53 bits per heavy atom. The Kier molecular flexibility index (Phi) is 5.35. The van der Waals surface area contributed by atoms with Crippen LogP contribution >= 0.6 is 0 Å². The normalized spacial score (nSPS) is 19.9. The maximum atomic E-state index is 12.3. The van der Waals surface area contributed by atoms with Gasteiger partial charge in [-0.15, -0.1) is 0 Å². The van der Waals surface area contributed by atoms with Crippen LogP contribution in [0.15, 0.2) is 0 Å². The van der Waals surface area contributed by atoms with Crippen molar-refractivity contribution in [3.8, 4) is 0 Å². The highest BCUT2D eigenvalue weighted by molar-refractivity contribution is 5.89. The van der Waals surface area contributed by atoms with Crippen molar-refractivity contribution in [3.63, 3.8) is 0 Å². The minimum absolute atomic E-state index is 0.0222. The van der Waals surface area contributed by atoms with Crippen molar-refractivity contribution in [2.24, 2.45) is 11.3 Å². The van der Waals surface area contributed by atoms with E-state index in [0.717, 1.165) is 6.42 Å². The van der Waals surface area contributed by atoms with Crippen LogP contribution in [0, 0.1) is 11.3 Å². The molecular weight excluding hydrogens is 244 g/mol. The molecule has 1 aliphatic rings. The third kappa shape index (κ3) is 4.49. The van der Waals surface area contributed by atoms with Gasteiger partial charge in [0.05, 0.1) is 6.61 Å². The van der Waals surface area contributed by atoms with Crippen LogP contribution in [0.2, 0.25) is 0 Å². The van der Waals surface area contributed by atoms with E-state index in [4.69, 9.17) is 4.84 Å². The lowest BCUT2D eigenvalue weighted by Gasteiger charge is -2.30. The van der Waals surface area contributed by atoms with Crippen LogP contribution in [0.5, 0.6) is 0 Å². The van der Waals surface area contributed by atoms with Gasteiger partial charge in [-0.3, -0.25) is 14.4 Å². The number of carbonyl (C=O) groups is 2. The molecule has 0 spiro atoms. The Balaban J connectivity index is 2.56. The number of hydroxylamine groups is 1. The van der Waals surface area contributed by atoms with E-state index in [2.05, 4.69) is 5.48 Å². The van der Waals surface area contributed by atoms with Gasteiger partial charge in [0.15, 0.2) is 0 Å². The van der Waals surface area contributed by atoms with Crippen LogP contribution in [0.25, 0.3) is 0 Å². The molecule has 1 heterocycles. The van der Waals surface area contributed by atoms with E-state index in [1.165, 1.54) is 0 Å². The Bertz CT molecular complexity index is 334. The van der Waals surface area contributed by atoms with Gasteiger partial charge in [-0.05, 0) is 18.8 Å². The van der Waals surface area contributed by atoms with Crippen LogP contribution in [0.1, 0.15) is 47.5 Å². The van der Waals surface area contributed by atoms with E-state index in [0.29, 0.717) is 25.5 Å². The standard InChI is InChI=1S/C14H26N2O3/c1-10(2)9-19-15-12(17)11-7-6-8-16(11)13(18)14(3,4)5/h10-11H,6-9H2,1-5H3,(H,15,17). The summed E-state index contributed by atoms with van der Waals surface area (Å²) in [6.45, 7) is 10.8. The molecule has 2 amide bonds. The smallest absolute Gasteiger partial charge is 0.266 e. The van der Waals surface area contributed by atoms with Crippen LogP contribution < -0.4 is 5.48 Å². The lowest BCUT2D eigenvalue weighted by atomic mass is 9.94. The monoisotopic (exact) mass is 270 g/mol. The first-order chi connectivity index (χ1) is 8.73. The molecule has 0 radical (unpaired) electrons. The average molecular weight is 270 g/mol. The number of likely N-dealkylation sites (tertiary alicyclic amines) is 1. The van der Waals surface area contributed by atoms with Crippen molar-refractivity contribution in [1.82, 2.24) is 10.4 Å². The first-order valence-corrected chi connectivity index (χ1v) is 6.96. The van der Waals surface area contributed by atoms with E-state index in [1.54, 1.807) is 4.90 Å². The summed E-state index contributed by atoms with van der Waals surface area (Å²) in [6.07, 6.45) is 1.57. The molecule has 1 rings (SSSR count). The molecule has 0 aromatic carbocycles. The van der Waals surface area contributed by atoms with Gasteiger partial charge in [0.25, 0.3) is 5.91 Å². The third-order valence-electron chi connectivity index (χ3n) is 3.05. The van der Waals surface area contributed by atoms with E-state index >= 15 is 0 Å². The summed E-state index contributed by atoms with van der Waals surface area (Å²) in [5, 5.41) is 0. The number of nitrogens with zero attached hydrogens (tertiary/aromatic N) is 1. The second kappa shape index (κ2) is 6.37. The van der Waals surface area contributed by atoms with Crippen LogP contribution in [0.3, 0.4) is 0 Å². The number of rotatable bonds is 4. The molecule has 0 aromatic heterocycles.